The molecule has 0 spiro atoms. The van der Waals surface area contributed by atoms with Gasteiger partial charge in [0.2, 0.25) is 0 Å². The molecule has 0 saturated carbocycles. The summed E-state index contributed by atoms with van der Waals surface area (Å²) in [5.41, 5.74) is 5.58. The van der Waals surface area contributed by atoms with Gasteiger partial charge < -0.3 is 10.5 Å². The molecule has 6 heteroatoms. The number of carbonyl (C=O) groups is 1. The fourth-order valence-corrected chi connectivity index (χ4v) is 3.16. The summed E-state index contributed by atoms with van der Waals surface area (Å²) in [4.78, 5) is 11.7. The van der Waals surface area contributed by atoms with E-state index in [9.17, 15) is 9.18 Å². The lowest BCUT2D eigenvalue weighted by molar-refractivity contribution is -0.141. The molecular formula is C12H16FNO2S2. The van der Waals surface area contributed by atoms with E-state index in [1.807, 2.05) is 6.07 Å². The fourth-order valence-electron chi connectivity index (χ4n) is 1.20. The largest absolute Gasteiger partial charge is 0.468 e. The van der Waals surface area contributed by atoms with Crippen molar-refractivity contribution in [2.75, 3.05) is 24.4 Å². The molecule has 3 nitrogen and oxygen atoms in total. The van der Waals surface area contributed by atoms with Crippen LogP contribution >= 0.6 is 23.5 Å². The Hall–Kier alpha value is -0.720. The summed E-state index contributed by atoms with van der Waals surface area (Å²) in [5.74, 6) is 1.51. The minimum absolute atomic E-state index is 0.196. The van der Waals surface area contributed by atoms with Crippen LogP contribution in [0.2, 0.25) is 0 Å². The Morgan fingerprint density at radius 2 is 2.17 bits per heavy atom. The first kappa shape index (κ1) is 15.3. The second kappa shape index (κ2) is 8.39. The zero-order valence-corrected chi connectivity index (χ0v) is 11.7. The van der Waals surface area contributed by atoms with E-state index in [1.54, 1.807) is 23.9 Å². The summed E-state index contributed by atoms with van der Waals surface area (Å²) >= 11 is 3.02. The highest BCUT2D eigenvalue weighted by Gasteiger charge is 2.12. The predicted molar refractivity (Wildman–Crippen MR) is 74.4 cm³/mol. The Morgan fingerprint density at radius 3 is 2.83 bits per heavy atom. The van der Waals surface area contributed by atoms with Gasteiger partial charge in [0.1, 0.15) is 11.9 Å². The zero-order valence-electron chi connectivity index (χ0n) is 10.1. The highest BCUT2D eigenvalue weighted by Crippen LogP contribution is 2.22. The first-order valence-corrected chi connectivity index (χ1v) is 7.57. The van der Waals surface area contributed by atoms with E-state index in [4.69, 9.17) is 5.73 Å². The molecule has 0 aromatic heterocycles. The van der Waals surface area contributed by atoms with Crippen molar-refractivity contribution in [3.05, 3.63) is 30.1 Å². The number of rotatable bonds is 7. The van der Waals surface area contributed by atoms with Crippen molar-refractivity contribution in [2.45, 2.75) is 10.9 Å². The van der Waals surface area contributed by atoms with Crippen LogP contribution in [0.1, 0.15) is 0 Å². The third kappa shape index (κ3) is 5.29. The maximum Gasteiger partial charge on any atom is 0.323 e. The number of benzene rings is 1. The molecule has 0 aliphatic carbocycles. The number of thioether (sulfide) groups is 2. The molecule has 18 heavy (non-hydrogen) atoms. The molecule has 100 valence electrons. The van der Waals surface area contributed by atoms with Gasteiger partial charge in [0.25, 0.3) is 0 Å². The van der Waals surface area contributed by atoms with E-state index in [2.05, 4.69) is 4.74 Å². The van der Waals surface area contributed by atoms with Gasteiger partial charge in [-0.25, -0.2) is 4.39 Å². The summed E-state index contributed by atoms with van der Waals surface area (Å²) in [6.07, 6.45) is 0. The van der Waals surface area contributed by atoms with Crippen molar-refractivity contribution in [2.24, 2.45) is 5.73 Å². The molecule has 1 unspecified atom stereocenters. The summed E-state index contributed by atoms with van der Waals surface area (Å²) in [7, 11) is 1.32. The van der Waals surface area contributed by atoms with Crippen molar-refractivity contribution in [3.8, 4) is 0 Å². The third-order valence-electron chi connectivity index (χ3n) is 2.12. The molecule has 0 aliphatic rings. The lowest BCUT2D eigenvalue weighted by atomic mass is 10.3. The van der Waals surface area contributed by atoms with E-state index in [1.165, 1.54) is 24.9 Å². The Labute approximate surface area is 115 Å². The van der Waals surface area contributed by atoms with Gasteiger partial charge in [-0.3, -0.25) is 4.79 Å². The smallest absolute Gasteiger partial charge is 0.323 e. The average molecular weight is 289 g/mol. The number of ether oxygens (including phenoxy) is 1. The Morgan fingerprint density at radius 1 is 1.44 bits per heavy atom. The van der Waals surface area contributed by atoms with Crippen LogP contribution in [0, 0.1) is 5.82 Å². The van der Waals surface area contributed by atoms with Crippen molar-refractivity contribution >= 4 is 29.5 Å². The minimum atomic E-state index is -0.585. The maximum absolute atomic E-state index is 13.3. The molecule has 0 aliphatic heterocycles. The molecule has 0 saturated heterocycles. The van der Waals surface area contributed by atoms with Crippen LogP contribution in [-0.4, -0.2) is 36.4 Å². The molecule has 1 atom stereocenters. The number of hydrogen-bond acceptors (Lipinski definition) is 5. The molecule has 0 heterocycles. The second-order valence-corrected chi connectivity index (χ2v) is 5.77. The lowest BCUT2D eigenvalue weighted by Gasteiger charge is -2.08. The molecule has 0 radical (unpaired) electrons. The normalized spacial score (nSPS) is 12.2. The van der Waals surface area contributed by atoms with Gasteiger partial charge >= 0.3 is 5.97 Å². The molecule has 0 bridgehead atoms. The highest BCUT2D eigenvalue weighted by atomic mass is 32.2. The average Bonchev–Trinajstić information content (AvgIpc) is 2.39. The second-order valence-electron chi connectivity index (χ2n) is 3.48. The van der Waals surface area contributed by atoms with Gasteiger partial charge in [-0.05, 0) is 12.1 Å². The first-order chi connectivity index (χ1) is 8.65. The van der Waals surface area contributed by atoms with Gasteiger partial charge in [-0.2, -0.15) is 11.8 Å². The molecular weight excluding hydrogens is 273 g/mol. The number of methoxy groups -OCH3 is 1. The van der Waals surface area contributed by atoms with Gasteiger partial charge in [0, 0.05) is 22.2 Å². The van der Waals surface area contributed by atoms with E-state index in [0.717, 1.165) is 11.5 Å². The van der Waals surface area contributed by atoms with E-state index < -0.39 is 12.0 Å². The van der Waals surface area contributed by atoms with Crippen LogP contribution in [0.3, 0.4) is 0 Å². The summed E-state index contributed by atoms with van der Waals surface area (Å²) in [5, 5.41) is 0. The van der Waals surface area contributed by atoms with Crippen molar-refractivity contribution in [1.29, 1.82) is 0 Å². The van der Waals surface area contributed by atoms with Gasteiger partial charge in [-0.15, -0.1) is 11.8 Å². The number of carbonyl (C=O) groups excluding carboxylic acids is 1. The van der Waals surface area contributed by atoms with E-state index in [0.29, 0.717) is 10.6 Å². The molecule has 0 fully saturated rings. The van der Waals surface area contributed by atoms with Crippen LogP contribution in [0.15, 0.2) is 29.2 Å². The quantitative estimate of drug-likeness (QED) is 0.473. The maximum atomic E-state index is 13.3. The molecule has 1 aromatic carbocycles. The van der Waals surface area contributed by atoms with Gasteiger partial charge in [-0.1, -0.05) is 12.1 Å². The summed E-state index contributed by atoms with van der Waals surface area (Å²) in [6.45, 7) is 0. The minimum Gasteiger partial charge on any atom is -0.468 e. The van der Waals surface area contributed by atoms with Crippen LogP contribution < -0.4 is 5.73 Å². The molecule has 2 N–H and O–H groups in total. The van der Waals surface area contributed by atoms with Crippen LogP contribution in [0.5, 0.6) is 0 Å². The number of halogens is 1. The van der Waals surface area contributed by atoms with Crippen molar-refractivity contribution < 1.29 is 13.9 Å². The highest BCUT2D eigenvalue weighted by molar-refractivity contribution is 8.03. The number of nitrogens with two attached hydrogens (primary N) is 1. The Bertz CT molecular complexity index is 390. The standard InChI is InChI=1S/C12H16FNO2S2/c1-16-12(15)10(14)8-17-6-7-18-11-5-3-2-4-9(11)13/h2-5,10H,6-8,14H2,1H3. The predicted octanol–water partition coefficient (Wildman–Crippen LogP) is 2.15. The van der Waals surface area contributed by atoms with Crippen LogP contribution in [0.25, 0.3) is 0 Å². The van der Waals surface area contributed by atoms with Gasteiger partial charge in [0.05, 0.1) is 7.11 Å². The van der Waals surface area contributed by atoms with Crippen molar-refractivity contribution in [3.63, 3.8) is 0 Å². The lowest BCUT2D eigenvalue weighted by Crippen LogP contribution is -2.34. The molecule has 0 amide bonds. The van der Waals surface area contributed by atoms with Crippen LogP contribution in [0.4, 0.5) is 4.39 Å². The fraction of sp³-hybridized carbons (Fsp3) is 0.417. The zero-order chi connectivity index (χ0) is 13.4. The number of hydrogen-bond donors (Lipinski definition) is 1. The SMILES string of the molecule is COC(=O)C(N)CSCCSc1ccccc1F. The third-order valence-corrected chi connectivity index (χ3v) is 4.52. The monoisotopic (exact) mass is 289 g/mol. The van der Waals surface area contributed by atoms with E-state index >= 15 is 0 Å². The topological polar surface area (TPSA) is 52.3 Å². The van der Waals surface area contributed by atoms with E-state index in [-0.39, 0.29) is 5.82 Å². The van der Waals surface area contributed by atoms with Crippen molar-refractivity contribution in [1.82, 2.24) is 0 Å². The first-order valence-electron chi connectivity index (χ1n) is 5.43. The molecule has 1 aromatic rings. The summed E-state index contributed by atoms with van der Waals surface area (Å²) in [6, 6.07) is 6.10. The Balaban J connectivity index is 2.16. The molecule has 1 rings (SSSR count). The summed E-state index contributed by atoms with van der Waals surface area (Å²) < 4.78 is 17.8. The number of esters is 1. The Kier molecular flexibility index (Phi) is 7.15. The van der Waals surface area contributed by atoms with Crippen LogP contribution in [-0.2, 0) is 9.53 Å². The van der Waals surface area contributed by atoms with Gasteiger partial charge in [0.15, 0.2) is 0 Å².